The fourth-order valence-electron chi connectivity index (χ4n) is 5.36. The van der Waals surface area contributed by atoms with Crippen LogP contribution in [-0.2, 0) is 16.0 Å². The molecule has 3 aliphatic rings. The fraction of sp³-hybridized carbons (Fsp3) is 0.480. The number of hydrogen-bond donors (Lipinski definition) is 2. The summed E-state index contributed by atoms with van der Waals surface area (Å²) in [6, 6.07) is 4.24. The number of amides is 4. The number of imide groups is 2. The SMILES string of the molecule is Nc1cn(C2CCN(CCCc3ccc4c(c3)C(=O)N(C3CCC(=O)NC3=O)C4=O)CC2)nc1C(F)F. The third-order valence-corrected chi connectivity index (χ3v) is 7.37. The van der Waals surface area contributed by atoms with Gasteiger partial charge in [0, 0.05) is 25.7 Å². The number of nitrogen functional groups attached to an aromatic ring is 1. The number of rotatable bonds is 7. The number of aromatic nitrogens is 2. The summed E-state index contributed by atoms with van der Waals surface area (Å²) >= 11 is 0. The minimum atomic E-state index is -2.69. The number of alkyl halides is 2. The van der Waals surface area contributed by atoms with Crippen LogP contribution in [0.3, 0.4) is 0 Å². The molecule has 1 aromatic carbocycles. The van der Waals surface area contributed by atoms with Gasteiger partial charge < -0.3 is 10.6 Å². The lowest BCUT2D eigenvalue weighted by Crippen LogP contribution is -2.54. The summed E-state index contributed by atoms with van der Waals surface area (Å²) in [7, 11) is 0. The minimum absolute atomic E-state index is 0.0205. The third-order valence-electron chi connectivity index (χ3n) is 7.37. The van der Waals surface area contributed by atoms with Gasteiger partial charge in [0.2, 0.25) is 11.8 Å². The molecule has 196 valence electrons. The number of likely N-dealkylation sites (tertiary alicyclic amines) is 1. The van der Waals surface area contributed by atoms with Crippen LogP contribution in [0.25, 0.3) is 0 Å². The molecule has 1 unspecified atom stereocenters. The molecule has 0 aliphatic carbocycles. The number of nitrogens with two attached hydrogens (primary N) is 1. The van der Waals surface area contributed by atoms with E-state index in [-0.39, 0.29) is 41.4 Å². The zero-order chi connectivity index (χ0) is 26.3. The number of fused-ring (bicyclic) bond motifs is 1. The van der Waals surface area contributed by atoms with Crippen molar-refractivity contribution in [3.05, 3.63) is 46.8 Å². The van der Waals surface area contributed by atoms with Gasteiger partial charge in [-0.2, -0.15) is 5.10 Å². The number of halogens is 2. The first kappa shape index (κ1) is 25.0. The van der Waals surface area contributed by atoms with Crippen molar-refractivity contribution in [2.24, 2.45) is 0 Å². The number of carbonyl (C=O) groups is 4. The Balaban J connectivity index is 1.14. The van der Waals surface area contributed by atoms with Gasteiger partial charge in [-0.05, 0) is 56.3 Å². The van der Waals surface area contributed by atoms with Crippen molar-refractivity contribution in [3.8, 4) is 0 Å². The Morgan fingerprint density at radius 2 is 1.78 bits per heavy atom. The van der Waals surface area contributed by atoms with E-state index in [9.17, 15) is 28.0 Å². The standard InChI is InChI=1S/C25H28F2N6O4/c26-22(27)21-18(28)13-32(30-21)15-7-10-31(11-8-15)9-1-2-14-3-4-16-17(12-14)25(37)33(24(16)36)19-5-6-20(34)29-23(19)35/h3-4,12-13,15,19,22H,1-2,5-11,28H2,(H,29,34,35). The van der Waals surface area contributed by atoms with Gasteiger partial charge in [0.05, 0.1) is 22.9 Å². The molecule has 0 bridgehead atoms. The maximum absolute atomic E-state index is 13.0. The van der Waals surface area contributed by atoms with Crippen LogP contribution in [0.15, 0.2) is 24.4 Å². The summed E-state index contributed by atoms with van der Waals surface area (Å²) in [6.07, 6.45) is 2.13. The molecule has 37 heavy (non-hydrogen) atoms. The normalized spacial score (nSPS) is 21.2. The number of benzene rings is 1. The molecule has 0 saturated carbocycles. The average Bonchev–Trinajstić information content (AvgIpc) is 3.37. The number of anilines is 1. The van der Waals surface area contributed by atoms with E-state index in [1.807, 2.05) is 6.07 Å². The molecule has 0 spiro atoms. The van der Waals surface area contributed by atoms with Crippen LogP contribution >= 0.6 is 0 Å². The van der Waals surface area contributed by atoms with E-state index < -0.39 is 36.1 Å². The monoisotopic (exact) mass is 514 g/mol. The molecule has 10 nitrogen and oxygen atoms in total. The van der Waals surface area contributed by atoms with Gasteiger partial charge in [-0.1, -0.05) is 6.07 Å². The van der Waals surface area contributed by atoms with Crippen molar-refractivity contribution in [3.63, 3.8) is 0 Å². The molecule has 3 N–H and O–H groups in total. The molecule has 4 heterocycles. The largest absolute Gasteiger partial charge is 0.396 e. The lowest BCUT2D eigenvalue weighted by molar-refractivity contribution is -0.136. The van der Waals surface area contributed by atoms with E-state index in [0.717, 1.165) is 49.4 Å². The molecule has 0 radical (unpaired) electrons. The molecular formula is C25H28F2N6O4. The van der Waals surface area contributed by atoms with Gasteiger partial charge in [0.15, 0.2) is 5.69 Å². The van der Waals surface area contributed by atoms with Gasteiger partial charge in [0.1, 0.15) is 6.04 Å². The van der Waals surface area contributed by atoms with Crippen LogP contribution in [0.2, 0.25) is 0 Å². The van der Waals surface area contributed by atoms with E-state index in [2.05, 4.69) is 15.3 Å². The fourth-order valence-corrected chi connectivity index (χ4v) is 5.36. The second-order valence-electron chi connectivity index (χ2n) is 9.75. The van der Waals surface area contributed by atoms with E-state index in [4.69, 9.17) is 5.73 Å². The second kappa shape index (κ2) is 10.0. The maximum Gasteiger partial charge on any atom is 0.284 e. The molecule has 1 aromatic heterocycles. The Morgan fingerprint density at radius 1 is 1.05 bits per heavy atom. The Labute approximate surface area is 211 Å². The summed E-state index contributed by atoms with van der Waals surface area (Å²) in [5.41, 5.74) is 6.80. The van der Waals surface area contributed by atoms with Crippen LogP contribution in [0.4, 0.5) is 14.5 Å². The zero-order valence-corrected chi connectivity index (χ0v) is 20.2. The molecule has 5 rings (SSSR count). The Kier molecular flexibility index (Phi) is 6.76. The quantitative estimate of drug-likeness (QED) is 0.541. The van der Waals surface area contributed by atoms with Gasteiger partial charge in [-0.3, -0.25) is 34.1 Å². The number of hydrogen-bond acceptors (Lipinski definition) is 7. The van der Waals surface area contributed by atoms with Crippen LogP contribution in [-0.4, -0.2) is 68.9 Å². The predicted octanol–water partition coefficient (Wildman–Crippen LogP) is 2.07. The molecule has 12 heteroatoms. The van der Waals surface area contributed by atoms with Gasteiger partial charge in [0.25, 0.3) is 18.2 Å². The topological polar surface area (TPSA) is 131 Å². The van der Waals surface area contributed by atoms with Crippen molar-refractivity contribution in [2.75, 3.05) is 25.4 Å². The lowest BCUT2D eigenvalue weighted by Gasteiger charge is -2.32. The first-order chi connectivity index (χ1) is 17.7. The molecule has 2 fully saturated rings. The molecule has 2 saturated heterocycles. The first-order valence-corrected chi connectivity index (χ1v) is 12.4. The summed E-state index contributed by atoms with van der Waals surface area (Å²) in [5.74, 6) is -2.05. The Hall–Kier alpha value is -3.67. The number of piperidine rings is 2. The van der Waals surface area contributed by atoms with Gasteiger partial charge in [-0.15, -0.1) is 0 Å². The maximum atomic E-state index is 13.0. The van der Waals surface area contributed by atoms with Crippen LogP contribution in [0.5, 0.6) is 0 Å². The highest BCUT2D eigenvalue weighted by Crippen LogP contribution is 2.30. The lowest BCUT2D eigenvalue weighted by atomic mass is 10.0. The molecule has 4 amide bonds. The number of nitrogens with zero attached hydrogens (tertiary/aromatic N) is 4. The molecule has 3 aliphatic heterocycles. The number of nitrogens with one attached hydrogen (secondary N) is 1. The molecular weight excluding hydrogens is 486 g/mol. The van der Waals surface area contributed by atoms with Gasteiger partial charge >= 0.3 is 0 Å². The highest BCUT2D eigenvalue weighted by molar-refractivity contribution is 6.23. The summed E-state index contributed by atoms with van der Waals surface area (Å²) in [4.78, 5) is 52.7. The van der Waals surface area contributed by atoms with Crippen molar-refractivity contribution >= 4 is 29.3 Å². The van der Waals surface area contributed by atoms with Crippen molar-refractivity contribution in [1.82, 2.24) is 24.9 Å². The Morgan fingerprint density at radius 3 is 2.46 bits per heavy atom. The van der Waals surface area contributed by atoms with Crippen LogP contribution in [0, 0.1) is 0 Å². The summed E-state index contributed by atoms with van der Waals surface area (Å²) in [6.45, 7) is 2.46. The molecule has 1 atom stereocenters. The summed E-state index contributed by atoms with van der Waals surface area (Å²) < 4.78 is 27.5. The highest BCUT2D eigenvalue weighted by atomic mass is 19.3. The van der Waals surface area contributed by atoms with E-state index in [0.29, 0.717) is 6.42 Å². The van der Waals surface area contributed by atoms with E-state index in [1.165, 1.54) is 6.20 Å². The van der Waals surface area contributed by atoms with Crippen molar-refractivity contribution in [1.29, 1.82) is 0 Å². The minimum Gasteiger partial charge on any atom is -0.396 e. The zero-order valence-electron chi connectivity index (χ0n) is 20.2. The average molecular weight is 515 g/mol. The summed E-state index contributed by atoms with van der Waals surface area (Å²) in [5, 5.41) is 6.17. The van der Waals surface area contributed by atoms with E-state index >= 15 is 0 Å². The third kappa shape index (κ3) is 4.85. The predicted molar refractivity (Wildman–Crippen MR) is 128 cm³/mol. The smallest absolute Gasteiger partial charge is 0.284 e. The first-order valence-electron chi connectivity index (χ1n) is 12.4. The number of carbonyl (C=O) groups excluding carboxylic acids is 4. The highest BCUT2D eigenvalue weighted by Gasteiger charge is 2.44. The van der Waals surface area contributed by atoms with Crippen LogP contribution in [0.1, 0.15) is 76.5 Å². The van der Waals surface area contributed by atoms with Crippen molar-refractivity contribution < 1.29 is 28.0 Å². The van der Waals surface area contributed by atoms with Gasteiger partial charge in [-0.25, -0.2) is 8.78 Å². The van der Waals surface area contributed by atoms with Crippen LogP contribution < -0.4 is 11.1 Å². The number of aryl methyl sites for hydroxylation is 1. The molecule has 2 aromatic rings. The second-order valence-corrected chi connectivity index (χ2v) is 9.75. The van der Waals surface area contributed by atoms with Crippen molar-refractivity contribution in [2.45, 2.75) is 57.0 Å². The Bertz CT molecular complexity index is 1250. The van der Waals surface area contributed by atoms with E-state index in [1.54, 1.807) is 16.8 Å².